The smallest absolute Gasteiger partial charge is 0.550 e. The van der Waals surface area contributed by atoms with Gasteiger partial charge in [-0.25, -0.2) is 17.8 Å². The van der Waals surface area contributed by atoms with Crippen molar-refractivity contribution in [2.24, 2.45) is 0 Å². The van der Waals surface area contributed by atoms with Crippen LogP contribution in [0.5, 0.6) is 0 Å². The van der Waals surface area contributed by atoms with Crippen LogP contribution in [0.1, 0.15) is 17.7 Å². The molecule has 2 aromatic heterocycles. The number of fused-ring (bicyclic) bond motifs is 3. The molecule has 0 fully saturated rings. The van der Waals surface area contributed by atoms with E-state index in [-0.39, 0.29) is 46.9 Å². The van der Waals surface area contributed by atoms with Crippen molar-refractivity contribution in [1.29, 1.82) is 0 Å². The van der Waals surface area contributed by atoms with Crippen molar-refractivity contribution in [3.8, 4) is 0 Å². The molecule has 0 radical (unpaired) electrons. The summed E-state index contributed by atoms with van der Waals surface area (Å²) in [6.07, 6.45) is 2.47. The van der Waals surface area contributed by atoms with E-state index in [1.165, 1.54) is 23.5 Å². The van der Waals surface area contributed by atoms with Crippen molar-refractivity contribution in [1.82, 2.24) is 13.9 Å². The van der Waals surface area contributed by atoms with Gasteiger partial charge in [0, 0.05) is 49.3 Å². The second-order valence-corrected chi connectivity index (χ2v) is 9.12. The van der Waals surface area contributed by atoms with Crippen LogP contribution in [-0.4, -0.2) is 41.3 Å². The van der Waals surface area contributed by atoms with Gasteiger partial charge in [0.25, 0.3) is 0 Å². The molecule has 0 saturated carbocycles. The number of carboxylic acid groups (broad SMARTS) is 1. The normalized spacial score (nSPS) is 16.3. The Labute approximate surface area is 195 Å². The number of aliphatic carboxylic acids is 1. The molecule has 0 aliphatic carbocycles. The summed E-state index contributed by atoms with van der Waals surface area (Å²) in [4.78, 5) is 15.6. The van der Waals surface area contributed by atoms with E-state index >= 15 is 0 Å². The van der Waals surface area contributed by atoms with Crippen LogP contribution in [-0.2, 0) is 34.2 Å². The molecule has 0 unspecified atom stereocenters. The number of pyridine rings is 1. The van der Waals surface area contributed by atoms with E-state index in [1.54, 1.807) is 12.3 Å². The van der Waals surface area contributed by atoms with Crippen LogP contribution < -0.4 is 34.7 Å². The first-order valence-corrected chi connectivity index (χ1v) is 10.6. The summed E-state index contributed by atoms with van der Waals surface area (Å²) in [6.45, 7) is 0.354. The average molecular weight is 439 g/mol. The topological polar surface area (TPSA) is 95.3 Å². The molecule has 1 atom stereocenters. The molecule has 3 aromatic rings. The Hall–Kier alpha value is -1.78. The van der Waals surface area contributed by atoms with E-state index < -0.39 is 21.8 Å². The molecule has 1 aliphatic rings. The zero-order valence-electron chi connectivity index (χ0n) is 16.7. The Balaban J connectivity index is 0.00000256. The Morgan fingerprint density at radius 3 is 2.67 bits per heavy atom. The van der Waals surface area contributed by atoms with Crippen LogP contribution in [0.2, 0.25) is 0 Å². The Morgan fingerprint density at radius 1 is 1.30 bits per heavy atom. The van der Waals surface area contributed by atoms with Crippen molar-refractivity contribution in [2.45, 2.75) is 36.7 Å². The maximum absolute atomic E-state index is 13.2. The van der Waals surface area contributed by atoms with Crippen LogP contribution in [0.25, 0.3) is 11.0 Å². The Bertz CT molecular complexity index is 1190. The van der Waals surface area contributed by atoms with Crippen LogP contribution in [0.4, 0.5) is 4.39 Å². The van der Waals surface area contributed by atoms with E-state index in [2.05, 4.69) is 4.98 Å². The first-order valence-electron chi connectivity index (χ1n) is 9.17. The van der Waals surface area contributed by atoms with E-state index in [1.807, 2.05) is 10.6 Å². The third kappa shape index (κ3) is 4.04. The van der Waals surface area contributed by atoms with E-state index in [0.717, 1.165) is 23.2 Å². The van der Waals surface area contributed by atoms with Gasteiger partial charge in [0.2, 0.25) is 10.0 Å². The number of hydrogen-bond donors (Lipinski definition) is 0. The summed E-state index contributed by atoms with van der Waals surface area (Å²) in [5.41, 5.74) is 2.17. The summed E-state index contributed by atoms with van der Waals surface area (Å²) in [5.74, 6) is -1.67. The summed E-state index contributed by atoms with van der Waals surface area (Å²) >= 11 is 0. The number of nitrogens with zero attached hydrogens (tertiary/aromatic N) is 3. The molecule has 0 N–H and O–H groups in total. The zero-order chi connectivity index (χ0) is 20.8. The molecule has 0 spiro atoms. The first-order chi connectivity index (χ1) is 13.8. The predicted octanol–water partition coefficient (Wildman–Crippen LogP) is -1.89. The van der Waals surface area contributed by atoms with Crippen LogP contribution >= 0.6 is 0 Å². The minimum atomic E-state index is -3.79. The molecule has 1 aliphatic heterocycles. The number of hydrogen-bond acceptors (Lipinski definition) is 5. The Kier molecular flexibility index (Phi) is 6.69. The van der Waals surface area contributed by atoms with Gasteiger partial charge in [-0.05, 0) is 54.8 Å². The number of aromatic nitrogens is 2. The minimum Gasteiger partial charge on any atom is -0.550 e. The minimum absolute atomic E-state index is 0. The van der Waals surface area contributed by atoms with Crippen LogP contribution in [0.3, 0.4) is 0 Å². The van der Waals surface area contributed by atoms with Crippen molar-refractivity contribution in [3.63, 3.8) is 0 Å². The second kappa shape index (κ2) is 8.76. The molecular weight excluding hydrogens is 420 g/mol. The fourth-order valence-electron chi connectivity index (χ4n) is 3.99. The van der Waals surface area contributed by atoms with Gasteiger partial charge in [-0.2, -0.15) is 4.31 Å². The molecule has 10 heteroatoms. The molecule has 0 bridgehead atoms. The van der Waals surface area contributed by atoms with Gasteiger partial charge in [0.15, 0.2) is 0 Å². The summed E-state index contributed by atoms with van der Waals surface area (Å²) in [6, 6.07) is 7.96. The van der Waals surface area contributed by atoms with E-state index in [4.69, 9.17) is 0 Å². The van der Waals surface area contributed by atoms with Crippen molar-refractivity contribution in [2.75, 3.05) is 7.05 Å². The van der Waals surface area contributed by atoms with E-state index in [9.17, 15) is 22.7 Å². The number of benzene rings is 1. The van der Waals surface area contributed by atoms with Gasteiger partial charge < -0.3 is 14.5 Å². The molecule has 1 aromatic carbocycles. The van der Waals surface area contributed by atoms with Crippen molar-refractivity contribution < 1.29 is 52.3 Å². The molecule has 30 heavy (non-hydrogen) atoms. The van der Waals surface area contributed by atoms with Gasteiger partial charge in [-0.1, -0.05) is 0 Å². The monoisotopic (exact) mass is 439 g/mol. The largest absolute Gasteiger partial charge is 1.00 e. The molecule has 7 nitrogen and oxygen atoms in total. The van der Waals surface area contributed by atoms with Crippen LogP contribution in [0, 0.1) is 5.82 Å². The number of sulfonamides is 1. The van der Waals surface area contributed by atoms with Crippen molar-refractivity contribution in [3.05, 3.63) is 59.7 Å². The number of rotatable bonds is 5. The first kappa shape index (κ1) is 22.9. The number of carbonyl (C=O) groups excluding carboxylic acids is 1. The summed E-state index contributed by atoms with van der Waals surface area (Å²) < 4.78 is 42.3. The molecule has 4 rings (SSSR count). The van der Waals surface area contributed by atoms with Gasteiger partial charge in [-0.3, -0.25) is 0 Å². The number of halogens is 1. The number of carbonyl (C=O) groups is 1. The quantitative estimate of drug-likeness (QED) is 0.433. The molecular formula is C20H19FN3NaO4S. The van der Waals surface area contributed by atoms with Crippen molar-refractivity contribution >= 4 is 27.0 Å². The zero-order valence-corrected chi connectivity index (χ0v) is 19.5. The molecule has 0 saturated heterocycles. The van der Waals surface area contributed by atoms with E-state index in [0.29, 0.717) is 30.6 Å². The fourth-order valence-corrected chi connectivity index (χ4v) is 5.37. The third-order valence-corrected chi connectivity index (χ3v) is 7.40. The Morgan fingerprint density at radius 2 is 2.00 bits per heavy atom. The fraction of sp³-hybridized carbons (Fsp3) is 0.300. The average Bonchev–Trinajstić information content (AvgIpc) is 3.00. The predicted molar refractivity (Wildman–Crippen MR) is 102 cm³/mol. The van der Waals surface area contributed by atoms with Gasteiger partial charge >= 0.3 is 29.6 Å². The summed E-state index contributed by atoms with van der Waals surface area (Å²) in [7, 11) is -2.29. The summed E-state index contributed by atoms with van der Waals surface area (Å²) in [5, 5.41) is 12.0. The molecule has 0 amide bonds. The second-order valence-electron chi connectivity index (χ2n) is 7.13. The number of carboxylic acids is 1. The third-order valence-electron chi connectivity index (χ3n) is 5.48. The van der Waals surface area contributed by atoms with Crippen LogP contribution in [0.15, 0.2) is 47.5 Å². The maximum atomic E-state index is 13.2. The SMILES string of the molecule is CN([C@@H]1CCc2c(CC(=O)[O-])c3cccnc3n2C1)S(=O)(=O)c1ccc(F)cc1.[Na+]. The van der Waals surface area contributed by atoms with Gasteiger partial charge in [-0.15, -0.1) is 0 Å². The van der Waals surface area contributed by atoms with Gasteiger partial charge in [0.05, 0.1) is 4.90 Å². The molecule has 3 heterocycles. The van der Waals surface area contributed by atoms with Gasteiger partial charge in [0.1, 0.15) is 11.5 Å². The standard InChI is InChI=1S/C20H20FN3O4S.Na/c1-23(29(27,28)15-7-4-13(21)5-8-15)14-6-9-18-17(11-19(25)26)16-3-2-10-22-20(16)24(18)12-14;/h2-5,7-8,10,14H,6,9,11-12H2,1H3,(H,25,26);/q;+1/p-1/t14-;/m1./s1. The number of likely N-dealkylation sites (N-methyl/N-ethyl adjacent to an activating group) is 1. The molecule has 152 valence electrons. The maximum Gasteiger partial charge on any atom is 1.00 e.